The van der Waals surface area contributed by atoms with Gasteiger partial charge in [-0.05, 0) is 36.5 Å². The number of aromatic nitrogens is 1. The van der Waals surface area contributed by atoms with E-state index >= 15 is 0 Å². The molecule has 114 valence electrons. The molecule has 2 rings (SSSR count). The lowest BCUT2D eigenvalue weighted by Gasteiger charge is -2.16. The van der Waals surface area contributed by atoms with Gasteiger partial charge in [-0.15, -0.1) is 11.3 Å². The van der Waals surface area contributed by atoms with Crippen LogP contribution in [0.25, 0.3) is 0 Å². The van der Waals surface area contributed by atoms with E-state index in [9.17, 15) is 8.42 Å². The highest BCUT2D eigenvalue weighted by atomic mass is 32.2. The van der Waals surface area contributed by atoms with Crippen LogP contribution < -0.4 is 5.32 Å². The average Bonchev–Trinajstić information content (AvgIpc) is 2.99. The quantitative estimate of drug-likeness (QED) is 0.842. The van der Waals surface area contributed by atoms with Crippen molar-refractivity contribution in [2.75, 3.05) is 20.6 Å². The lowest BCUT2D eigenvalue weighted by molar-refractivity contribution is 0.470. The highest BCUT2D eigenvalue weighted by molar-refractivity contribution is 7.89. The molecular weight excluding hydrogens is 306 g/mol. The molecule has 0 spiro atoms. The number of likely N-dealkylation sites (N-methyl/N-ethyl adjacent to an activating group) is 1. The Kier molecular flexibility index (Phi) is 5.46. The molecule has 0 aromatic carbocycles. The minimum atomic E-state index is -3.52. The van der Waals surface area contributed by atoms with Gasteiger partial charge in [-0.3, -0.25) is 0 Å². The van der Waals surface area contributed by atoms with Crippen LogP contribution >= 0.6 is 11.3 Å². The molecule has 21 heavy (non-hydrogen) atoms. The van der Waals surface area contributed by atoms with Gasteiger partial charge in [0.2, 0.25) is 0 Å². The number of nitrogens with one attached hydrogen (secondary N) is 1. The summed E-state index contributed by atoms with van der Waals surface area (Å²) in [6.07, 6.45) is 2.31. The second-order valence-corrected chi connectivity index (χ2v) is 7.71. The van der Waals surface area contributed by atoms with Crippen LogP contribution in [-0.2, 0) is 23.0 Å². The van der Waals surface area contributed by atoms with Gasteiger partial charge >= 0.3 is 0 Å². The Morgan fingerprint density at radius 3 is 2.71 bits per heavy atom. The highest BCUT2D eigenvalue weighted by Gasteiger charge is 2.21. The van der Waals surface area contributed by atoms with E-state index in [4.69, 9.17) is 0 Å². The molecule has 5 nitrogen and oxygen atoms in total. The highest BCUT2D eigenvalue weighted by Crippen LogP contribution is 2.15. The lowest BCUT2D eigenvalue weighted by atomic mass is 10.3. The number of hydrogen-bond donors (Lipinski definition) is 1. The van der Waals surface area contributed by atoms with Gasteiger partial charge in [-0.2, -0.15) is 4.31 Å². The van der Waals surface area contributed by atoms with Crippen LogP contribution in [0.15, 0.2) is 40.9 Å². The molecule has 7 heteroatoms. The van der Waals surface area contributed by atoms with E-state index in [1.807, 2.05) is 24.6 Å². The monoisotopic (exact) mass is 325 g/mol. The van der Waals surface area contributed by atoms with Gasteiger partial charge in [-0.1, -0.05) is 12.1 Å². The summed E-state index contributed by atoms with van der Waals surface area (Å²) in [5, 5.41) is 5.09. The van der Waals surface area contributed by atoms with Crippen molar-refractivity contribution in [1.29, 1.82) is 0 Å². The largest absolute Gasteiger partial charge is 0.316 e. The van der Waals surface area contributed by atoms with Gasteiger partial charge in [0.15, 0.2) is 5.03 Å². The first-order chi connectivity index (χ1) is 10.0. The number of sulfonamides is 1. The first-order valence-electron chi connectivity index (χ1n) is 6.62. The predicted octanol–water partition coefficient (Wildman–Crippen LogP) is 1.73. The lowest BCUT2D eigenvalue weighted by Crippen LogP contribution is -2.29. The molecule has 0 amide bonds. The molecule has 0 aliphatic rings. The summed E-state index contributed by atoms with van der Waals surface area (Å²) in [5.74, 6) is 0. The van der Waals surface area contributed by atoms with E-state index in [0.29, 0.717) is 19.5 Å². The van der Waals surface area contributed by atoms with Crippen molar-refractivity contribution in [3.05, 3.63) is 46.3 Å². The van der Waals surface area contributed by atoms with Crippen molar-refractivity contribution in [3.8, 4) is 0 Å². The van der Waals surface area contributed by atoms with Gasteiger partial charge in [0, 0.05) is 31.2 Å². The summed E-state index contributed by atoms with van der Waals surface area (Å²) in [7, 11) is -0.0917. The molecule has 2 aromatic heterocycles. The van der Waals surface area contributed by atoms with Crippen LogP contribution in [0.5, 0.6) is 0 Å². The van der Waals surface area contributed by atoms with E-state index in [1.54, 1.807) is 36.7 Å². The zero-order valence-electron chi connectivity index (χ0n) is 12.1. The van der Waals surface area contributed by atoms with E-state index in [0.717, 1.165) is 5.56 Å². The fraction of sp³-hybridized carbons (Fsp3) is 0.357. The second-order valence-electron chi connectivity index (χ2n) is 4.69. The average molecular weight is 325 g/mol. The maximum absolute atomic E-state index is 12.4. The number of pyridine rings is 1. The van der Waals surface area contributed by atoms with E-state index in [-0.39, 0.29) is 5.03 Å². The normalized spacial score (nSPS) is 12.0. The van der Waals surface area contributed by atoms with Gasteiger partial charge in [0.05, 0.1) is 0 Å². The van der Waals surface area contributed by atoms with Crippen LogP contribution in [-0.4, -0.2) is 38.3 Å². The molecule has 0 saturated carbocycles. The van der Waals surface area contributed by atoms with Crippen molar-refractivity contribution in [2.24, 2.45) is 0 Å². The van der Waals surface area contributed by atoms with E-state index in [1.165, 1.54) is 9.18 Å². The Morgan fingerprint density at radius 1 is 1.33 bits per heavy atom. The summed E-state index contributed by atoms with van der Waals surface area (Å²) in [5.41, 5.74) is 0.956. The second kappa shape index (κ2) is 7.13. The third kappa shape index (κ3) is 4.10. The summed E-state index contributed by atoms with van der Waals surface area (Å²) in [6.45, 7) is 1.12. The molecule has 0 atom stereocenters. The van der Waals surface area contributed by atoms with Crippen molar-refractivity contribution in [1.82, 2.24) is 14.6 Å². The Labute approximate surface area is 129 Å². The zero-order chi connectivity index (χ0) is 15.3. The standard InChI is InChI=1S/C14H19N3O2S2/c1-15-10-12-5-6-14(16-11-12)21(18,19)17(2)8-7-13-4-3-9-20-13/h3-6,9,11,15H,7-8,10H2,1-2H3. The van der Waals surface area contributed by atoms with Gasteiger partial charge in [0.1, 0.15) is 0 Å². The Balaban J connectivity index is 2.05. The fourth-order valence-corrected chi connectivity index (χ4v) is 3.65. The summed E-state index contributed by atoms with van der Waals surface area (Å²) >= 11 is 1.63. The molecule has 0 fully saturated rings. The van der Waals surface area contributed by atoms with Crippen LogP contribution in [0.2, 0.25) is 0 Å². The molecule has 0 radical (unpaired) electrons. The Bertz CT molecular complexity index is 652. The van der Waals surface area contributed by atoms with Gasteiger partial charge in [0.25, 0.3) is 10.0 Å². The SMILES string of the molecule is CNCc1ccc(S(=O)(=O)N(C)CCc2cccs2)nc1. The Hall–Kier alpha value is -1.28. The number of hydrogen-bond acceptors (Lipinski definition) is 5. The van der Waals surface area contributed by atoms with Crippen LogP contribution in [0.3, 0.4) is 0 Å². The van der Waals surface area contributed by atoms with Crippen LogP contribution in [0.4, 0.5) is 0 Å². The first-order valence-corrected chi connectivity index (χ1v) is 8.94. The van der Waals surface area contributed by atoms with Crippen LogP contribution in [0.1, 0.15) is 10.4 Å². The molecule has 0 aliphatic heterocycles. The molecule has 0 unspecified atom stereocenters. The third-order valence-corrected chi connectivity index (χ3v) is 5.82. The maximum atomic E-state index is 12.4. The minimum Gasteiger partial charge on any atom is -0.316 e. The van der Waals surface area contributed by atoms with E-state index in [2.05, 4.69) is 10.3 Å². The predicted molar refractivity (Wildman–Crippen MR) is 84.8 cm³/mol. The fourth-order valence-electron chi connectivity index (χ4n) is 1.87. The van der Waals surface area contributed by atoms with Crippen molar-refractivity contribution in [2.45, 2.75) is 18.0 Å². The molecule has 2 heterocycles. The topological polar surface area (TPSA) is 62.3 Å². The maximum Gasteiger partial charge on any atom is 0.260 e. The summed E-state index contributed by atoms with van der Waals surface area (Å²) in [4.78, 5) is 5.24. The van der Waals surface area contributed by atoms with Crippen molar-refractivity contribution < 1.29 is 8.42 Å². The number of rotatable bonds is 7. The van der Waals surface area contributed by atoms with E-state index < -0.39 is 10.0 Å². The van der Waals surface area contributed by atoms with Gasteiger partial charge in [-0.25, -0.2) is 13.4 Å². The van der Waals surface area contributed by atoms with Crippen LogP contribution in [0, 0.1) is 0 Å². The Morgan fingerprint density at radius 2 is 2.14 bits per heavy atom. The van der Waals surface area contributed by atoms with Crippen molar-refractivity contribution in [3.63, 3.8) is 0 Å². The molecular formula is C14H19N3O2S2. The molecule has 0 saturated heterocycles. The molecule has 0 aliphatic carbocycles. The molecule has 1 N–H and O–H groups in total. The molecule has 0 bridgehead atoms. The molecule has 2 aromatic rings. The number of thiophene rings is 1. The first kappa shape index (κ1) is 16.1. The summed E-state index contributed by atoms with van der Waals surface area (Å²) < 4.78 is 26.2. The zero-order valence-corrected chi connectivity index (χ0v) is 13.7. The van der Waals surface area contributed by atoms with Crippen molar-refractivity contribution >= 4 is 21.4 Å². The minimum absolute atomic E-state index is 0.0935. The van der Waals surface area contributed by atoms with Gasteiger partial charge < -0.3 is 5.32 Å². The third-order valence-electron chi connectivity index (χ3n) is 3.11. The summed E-state index contributed by atoms with van der Waals surface area (Å²) in [6, 6.07) is 7.32. The number of nitrogens with zero attached hydrogens (tertiary/aromatic N) is 2. The smallest absolute Gasteiger partial charge is 0.260 e.